The molecule has 0 bridgehead atoms. The molecular formula is C13H17BrClF2NO2. The molecule has 1 saturated heterocycles. The van der Waals surface area contributed by atoms with Gasteiger partial charge in [0.15, 0.2) is 0 Å². The van der Waals surface area contributed by atoms with E-state index >= 15 is 0 Å². The van der Waals surface area contributed by atoms with Gasteiger partial charge in [-0.05, 0) is 31.0 Å². The summed E-state index contributed by atoms with van der Waals surface area (Å²) in [6, 6.07) is 5.00. The lowest BCUT2D eigenvalue weighted by Gasteiger charge is -2.14. The molecule has 20 heavy (non-hydrogen) atoms. The minimum atomic E-state index is -2.81. The fraction of sp³-hybridized carbons (Fsp3) is 0.538. The van der Waals surface area contributed by atoms with Gasteiger partial charge in [0.25, 0.3) is 0 Å². The van der Waals surface area contributed by atoms with E-state index in [-0.39, 0.29) is 24.3 Å². The van der Waals surface area contributed by atoms with Crippen molar-refractivity contribution >= 4 is 28.3 Å². The topological polar surface area (TPSA) is 30.5 Å². The summed E-state index contributed by atoms with van der Waals surface area (Å²) in [4.78, 5) is 0. The van der Waals surface area contributed by atoms with E-state index in [9.17, 15) is 8.78 Å². The zero-order valence-electron chi connectivity index (χ0n) is 10.8. The maximum absolute atomic E-state index is 12.3. The Morgan fingerprint density at radius 3 is 2.90 bits per heavy atom. The fourth-order valence-corrected chi connectivity index (χ4v) is 2.48. The third-order valence-electron chi connectivity index (χ3n) is 2.95. The maximum atomic E-state index is 12.3. The standard InChI is InChI=1S/C13H16BrF2NO2.ClH/c14-10-3-4-12(19-13(15)16)9(6-10)7-17-8-11-2-1-5-18-11;/h3-4,6,11,13,17H,1-2,5,7-8H2;1H. The van der Waals surface area contributed by atoms with E-state index in [4.69, 9.17) is 4.74 Å². The number of hydrogen-bond donors (Lipinski definition) is 1. The second-order valence-corrected chi connectivity index (χ2v) is 5.31. The molecule has 1 heterocycles. The van der Waals surface area contributed by atoms with Gasteiger partial charge in [-0.1, -0.05) is 15.9 Å². The van der Waals surface area contributed by atoms with Gasteiger partial charge >= 0.3 is 6.61 Å². The molecule has 1 aromatic rings. The third-order valence-corrected chi connectivity index (χ3v) is 3.44. The van der Waals surface area contributed by atoms with E-state index in [1.54, 1.807) is 18.2 Å². The van der Waals surface area contributed by atoms with E-state index in [1.165, 1.54) is 0 Å². The van der Waals surface area contributed by atoms with Gasteiger partial charge in [-0.25, -0.2) is 0 Å². The molecule has 0 aliphatic carbocycles. The predicted octanol–water partition coefficient (Wildman–Crippen LogP) is 3.74. The molecule has 3 nitrogen and oxygen atoms in total. The van der Waals surface area contributed by atoms with Crippen LogP contribution in [0.1, 0.15) is 18.4 Å². The SMILES string of the molecule is Cl.FC(F)Oc1ccc(Br)cc1CNCC1CCCO1. The number of halogens is 4. The highest BCUT2D eigenvalue weighted by atomic mass is 79.9. The molecule has 0 saturated carbocycles. The van der Waals surface area contributed by atoms with Crippen LogP contribution in [0.15, 0.2) is 22.7 Å². The number of rotatable bonds is 6. The fourth-order valence-electron chi connectivity index (χ4n) is 2.07. The molecule has 7 heteroatoms. The van der Waals surface area contributed by atoms with Gasteiger partial charge in [0.05, 0.1) is 6.10 Å². The first-order chi connectivity index (χ1) is 9.15. The molecule has 1 N–H and O–H groups in total. The minimum absolute atomic E-state index is 0. The van der Waals surface area contributed by atoms with Crippen molar-refractivity contribution in [1.29, 1.82) is 0 Å². The molecule has 1 aliphatic rings. The van der Waals surface area contributed by atoms with Crippen molar-refractivity contribution in [3.63, 3.8) is 0 Å². The molecule has 0 amide bonds. The largest absolute Gasteiger partial charge is 0.434 e. The van der Waals surface area contributed by atoms with Crippen LogP contribution < -0.4 is 10.1 Å². The normalized spacial score (nSPS) is 18.1. The summed E-state index contributed by atoms with van der Waals surface area (Å²) in [5, 5.41) is 3.21. The molecule has 0 spiro atoms. The Kier molecular flexibility index (Phi) is 7.72. The first kappa shape index (κ1) is 17.6. The van der Waals surface area contributed by atoms with E-state index in [2.05, 4.69) is 26.0 Å². The van der Waals surface area contributed by atoms with Crippen LogP contribution in [0.25, 0.3) is 0 Å². The molecule has 0 aromatic heterocycles. The van der Waals surface area contributed by atoms with E-state index < -0.39 is 6.61 Å². The second kappa shape index (κ2) is 8.77. The van der Waals surface area contributed by atoms with Gasteiger partial charge in [-0.3, -0.25) is 0 Å². The van der Waals surface area contributed by atoms with Crippen molar-refractivity contribution in [2.45, 2.75) is 32.1 Å². The molecule has 1 fully saturated rings. The van der Waals surface area contributed by atoms with Crippen LogP contribution in [0, 0.1) is 0 Å². The van der Waals surface area contributed by atoms with Crippen LogP contribution in [0.2, 0.25) is 0 Å². The number of nitrogens with one attached hydrogen (secondary N) is 1. The molecule has 1 aromatic carbocycles. The quantitative estimate of drug-likeness (QED) is 0.825. The van der Waals surface area contributed by atoms with Crippen molar-refractivity contribution in [3.05, 3.63) is 28.2 Å². The van der Waals surface area contributed by atoms with Crippen molar-refractivity contribution < 1.29 is 18.3 Å². The highest BCUT2D eigenvalue weighted by Gasteiger charge is 2.15. The number of ether oxygens (including phenoxy) is 2. The summed E-state index contributed by atoms with van der Waals surface area (Å²) in [5.41, 5.74) is 0.702. The smallest absolute Gasteiger partial charge is 0.387 e. The van der Waals surface area contributed by atoms with Gasteiger partial charge in [0.1, 0.15) is 5.75 Å². The summed E-state index contributed by atoms with van der Waals surface area (Å²) >= 11 is 3.33. The zero-order valence-corrected chi connectivity index (χ0v) is 13.2. The summed E-state index contributed by atoms with van der Waals surface area (Å²) < 4.78 is 35.4. The Morgan fingerprint density at radius 1 is 1.45 bits per heavy atom. The summed E-state index contributed by atoms with van der Waals surface area (Å²) in [5.74, 6) is 0.207. The zero-order chi connectivity index (χ0) is 13.7. The number of benzene rings is 1. The Hall–Kier alpha value is -0.430. The van der Waals surface area contributed by atoms with Gasteiger partial charge in [-0.2, -0.15) is 8.78 Å². The molecule has 1 unspecified atom stereocenters. The van der Waals surface area contributed by atoms with E-state index in [0.717, 1.165) is 30.5 Å². The van der Waals surface area contributed by atoms with Crippen molar-refractivity contribution in [2.24, 2.45) is 0 Å². The number of hydrogen-bond acceptors (Lipinski definition) is 3. The van der Waals surface area contributed by atoms with Crippen LogP contribution >= 0.6 is 28.3 Å². The molecule has 2 rings (SSSR count). The summed E-state index contributed by atoms with van der Waals surface area (Å²) in [6.45, 7) is -0.802. The third kappa shape index (κ3) is 5.52. The highest BCUT2D eigenvalue weighted by molar-refractivity contribution is 9.10. The lowest BCUT2D eigenvalue weighted by atomic mass is 10.2. The molecular weight excluding hydrogens is 356 g/mol. The van der Waals surface area contributed by atoms with Crippen LogP contribution in [-0.4, -0.2) is 25.9 Å². The van der Waals surface area contributed by atoms with E-state index in [0.29, 0.717) is 12.1 Å². The molecule has 0 radical (unpaired) electrons. The van der Waals surface area contributed by atoms with Gasteiger partial charge in [0.2, 0.25) is 0 Å². The van der Waals surface area contributed by atoms with Gasteiger partial charge in [0, 0.05) is 29.7 Å². The lowest BCUT2D eigenvalue weighted by molar-refractivity contribution is -0.0505. The molecule has 1 atom stereocenters. The Balaban J connectivity index is 0.00000200. The number of alkyl halides is 2. The highest BCUT2D eigenvalue weighted by Crippen LogP contribution is 2.24. The maximum Gasteiger partial charge on any atom is 0.387 e. The summed E-state index contributed by atoms with van der Waals surface area (Å²) in [6.07, 6.45) is 2.36. The molecule has 1 aliphatic heterocycles. The van der Waals surface area contributed by atoms with Crippen LogP contribution in [0.4, 0.5) is 8.78 Å². The lowest BCUT2D eigenvalue weighted by Crippen LogP contribution is -2.26. The Morgan fingerprint density at radius 2 is 2.25 bits per heavy atom. The Bertz CT molecular complexity index is 417. The van der Waals surface area contributed by atoms with Crippen LogP contribution in [0.5, 0.6) is 5.75 Å². The first-order valence-electron chi connectivity index (χ1n) is 6.20. The van der Waals surface area contributed by atoms with Gasteiger partial charge in [-0.15, -0.1) is 12.4 Å². The first-order valence-corrected chi connectivity index (χ1v) is 7.00. The van der Waals surface area contributed by atoms with Crippen LogP contribution in [-0.2, 0) is 11.3 Å². The average Bonchev–Trinajstić information content (AvgIpc) is 2.85. The molecule has 114 valence electrons. The van der Waals surface area contributed by atoms with Crippen molar-refractivity contribution in [3.8, 4) is 5.75 Å². The minimum Gasteiger partial charge on any atom is -0.434 e. The van der Waals surface area contributed by atoms with Gasteiger partial charge < -0.3 is 14.8 Å². The Labute approximate surface area is 131 Å². The average molecular weight is 373 g/mol. The monoisotopic (exact) mass is 371 g/mol. The van der Waals surface area contributed by atoms with Crippen molar-refractivity contribution in [2.75, 3.05) is 13.2 Å². The van der Waals surface area contributed by atoms with Crippen LogP contribution in [0.3, 0.4) is 0 Å². The second-order valence-electron chi connectivity index (χ2n) is 4.40. The predicted molar refractivity (Wildman–Crippen MR) is 78.7 cm³/mol. The summed E-state index contributed by atoms with van der Waals surface area (Å²) in [7, 11) is 0. The van der Waals surface area contributed by atoms with E-state index in [1.807, 2.05) is 0 Å². The van der Waals surface area contributed by atoms with Crippen molar-refractivity contribution in [1.82, 2.24) is 5.32 Å².